The van der Waals surface area contributed by atoms with Crippen LogP contribution in [0.15, 0.2) is 0 Å². The van der Waals surface area contributed by atoms with Crippen molar-refractivity contribution in [3.05, 3.63) is 0 Å². The van der Waals surface area contributed by atoms with Crippen LogP contribution in [0.2, 0.25) is 0 Å². The molecule has 1 N–H and O–H groups in total. The number of hydrogen-bond acceptors (Lipinski definition) is 2. The summed E-state index contributed by atoms with van der Waals surface area (Å²) in [6.07, 6.45) is 8.20. The van der Waals surface area contributed by atoms with Gasteiger partial charge in [0.2, 0.25) is 5.91 Å². The van der Waals surface area contributed by atoms with Crippen molar-refractivity contribution in [1.82, 2.24) is 4.90 Å². The highest BCUT2D eigenvalue weighted by molar-refractivity contribution is 5.78. The molecule has 4 nitrogen and oxygen atoms in total. The summed E-state index contributed by atoms with van der Waals surface area (Å²) >= 11 is 0. The minimum Gasteiger partial charge on any atom is -0.481 e. The third kappa shape index (κ3) is 3.71. The van der Waals surface area contributed by atoms with Gasteiger partial charge in [0.15, 0.2) is 0 Å². The van der Waals surface area contributed by atoms with Gasteiger partial charge < -0.3 is 10.0 Å². The summed E-state index contributed by atoms with van der Waals surface area (Å²) in [4.78, 5) is 24.8. The Morgan fingerprint density at radius 1 is 1.16 bits per heavy atom. The molecular formula is C15H25NO3. The molecule has 108 valence electrons. The Labute approximate surface area is 115 Å². The minimum absolute atomic E-state index is 0.149. The van der Waals surface area contributed by atoms with Crippen LogP contribution in [0.1, 0.15) is 51.9 Å². The molecule has 19 heavy (non-hydrogen) atoms. The van der Waals surface area contributed by atoms with Crippen LogP contribution in [0.4, 0.5) is 0 Å². The largest absolute Gasteiger partial charge is 0.481 e. The zero-order valence-corrected chi connectivity index (χ0v) is 11.8. The molecule has 1 aliphatic carbocycles. The van der Waals surface area contributed by atoms with Crippen LogP contribution in [0.5, 0.6) is 0 Å². The van der Waals surface area contributed by atoms with Crippen molar-refractivity contribution in [3.8, 4) is 0 Å². The third-order valence-corrected chi connectivity index (χ3v) is 4.80. The van der Waals surface area contributed by atoms with E-state index in [1.807, 2.05) is 4.90 Å². The molecule has 1 heterocycles. The summed E-state index contributed by atoms with van der Waals surface area (Å²) in [5, 5.41) is 8.93. The molecule has 4 heteroatoms. The van der Waals surface area contributed by atoms with Crippen LogP contribution >= 0.6 is 0 Å². The number of nitrogens with zero attached hydrogens (tertiary/aromatic N) is 1. The summed E-state index contributed by atoms with van der Waals surface area (Å²) in [6.45, 7) is 3.01. The molecule has 2 fully saturated rings. The van der Waals surface area contributed by atoms with Crippen LogP contribution in [0, 0.1) is 17.8 Å². The second-order valence-electron chi connectivity index (χ2n) is 6.25. The first-order valence-corrected chi connectivity index (χ1v) is 7.58. The number of rotatable bonds is 4. The van der Waals surface area contributed by atoms with Crippen LogP contribution < -0.4 is 0 Å². The van der Waals surface area contributed by atoms with Gasteiger partial charge in [-0.05, 0) is 18.8 Å². The van der Waals surface area contributed by atoms with Gasteiger partial charge in [-0.15, -0.1) is 0 Å². The monoisotopic (exact) mass is 267 g/mol. The van der Waals surface area contributed by atoms with Crippen molar-refractivity contribution in [2.45, 2.75) is 51.9 Å². The van der Waals surface area contributed by atoms with E-state index in [0.29, 0.717) is 25.4 Å². The molecule has 1 saturated heterocycles. The number of carbonyl (C=O) groups excluding carboxylic acids is 1. The van der Waals surface area contributed by atoms with E-state index in [4.69, 9.17) is 5.11 Å². The number of amides is 1. The average Bonchev–Trinajstić information content (AvgIpc) is 2.55. The first-order chi connectivity index (χ1) is 9.08. The Kier molecular flexibility index (Phi) is 4.83. The van der Waals surface area contributed by atoms with E-state index in [9.17, 15) is 9.59 Å². The van der Waals surface area contributed by atoms with Gasteiger partial charge in [-0.3, -0.25) is 9.59 Å². The van der Waals surface area contributed by atoms with E-state index in [1.165, 1.54) is 38.5 Å². The Bertz CT molecular complexity index is 328. The lowest BCUT2D eigenvalue weighted by molar-refractivity contribution is -0.151. The smallest absolute Gasteiger partial charge is 0.306 e. The molecule has 1 unspecified atom stereocenters. The van der Waals surface area contributed by atoms with Gasteiger partial charge in [0, 0.05) is 25.4 Å². The second kappa shape index (κ2) is 6.40. The molecule has 1 amide bonds. The molecule has 0 aromatic heterocycles. The SMILES string of the molecule is CC(C(=O)O)C1CN(C(=O)CC2CCCCCC2)C1. The van der Waals surface area contributed by atoms with Crippen molar-refractivity contribution in [3.63, 3.8) is 0 Å². The molecule has 0 radical (unpaired) electrons. The number of carboxylic acids is 1. The molecule has 1 aliphatic heterocycles. The lowest BCUT2D eigenvalue weighted by atomic mass is 9.86. The summed E-state index contributed by atoms with van der Waals surface area (Å²) < 4.78 is 0. The second-order valence-corrected chi connectivity index (χ2v) is 6.25. The van der Waals surface area contributed by atoms with Gasteiger partial charge in [-0.1, -0.05) is 32.6 Å². The Morgan fingerprint density at radius 2 is 1.74 bits per heavy atom. The van der Waals surface area contributed by atoms with Crippen LogP contribution in [-0.4, -0.2) is 35.0 Å². The minimum atomic E-state index is -0.749. The van der Waals surface area contributed by atoms with E-state index >= 15 is 0 Å². The van der Waals surface area contributed by atoms with E-state index in [1.54, 1.807) is 6.92 Å². The van der Waals surface area contributed by atoms with Crippen molar-refractivity contribution < 1.29 is 14.7 Å². The maximum Gasteiger partial charge on any atom is 0.306 e. The topological polar surface area (TPSA) is 57.6 Å². The fourth-order valence-corrected chi connectivity index (χ4v) is 3.18. The zero-order chi connectivity index (χ0) is 13.8. The third-order valence-electron chi connectivity index (χ3n) is 4.80. The molecule has 1 saturated carbocycles. The van der Waals surface area contributed by atoms with Gasteiger partial charge >= 0.3 is 5.97 Å². The number of likely N-dealkylation sites (tertiary alicyclic amines) is 1. The lowest BCUT2D eigenvalue weighted by Crippen LogP contribution is -2.53. The first kappa shape index (κ1) is 14.4. The fraction of sp³-hybridized carbons (Fsp3) is 0.867. The van der Waals surface area contributed by atoms with Crippen LogP contribution in [-0.2, 0) is 9.59 Å². The molecular weight excluding hydrogens is 242 g/mol. The predicted molar refractivity (Wildman–Crippen MR) is 72.7 cm³/mol. The van der Waals surface area contributed by atoms with E-state index in [-0.39, 0.29) is 17.7 Å². The van der Waals surface area contributed by atoms with E-state index < -0.39 is 5.97 Å². The highest BCUT2D eigenvalue weighted by atomic mass is 16.4. The number of carboxylic acid groups (broad SMARTS) is 1. The maximum absolute atomic E-state index is 12.1. The summed E-state index contributed by atoms with van der Waals surface area (Å²) in [7, 11) is 0. The Hall–Kier alpha value is -1.06. The molecule has 0 aromatic rings. The Morgan fingerprint density at radius 3 is 2.26 bits per heavy atom. The fourth-order valence-electron chi connectivity index (χ4n) is 3.18. The summed E-state index contributed by atoms with van der Waals surface area (Å²) in [5.41, 5.74) is 0. The molecule has 2 rings (SSSR count). The van der Waals surface area contributed by atoms with Crippen molar-refractivity contribution in [1.29, 1.82) is 0 Å². The van der Waals surface area contributed by atoms with Crippen molar-refractivity contribution >= 4 is 11.9 Å². The highest BCUT2D eigenvalue weighted by Crippen LogP contribution is 2.29. The van der Waals surface area contributed by atoms with Gasteiger partial charge in [0.1, 0.15) is 0 Å². The van der Waals surface area contributed by atoms with Gasteiger partial charge in [0.05, 0.1) is 5.92 Å². The average molecular weight is 267 g/mol. The molecule has 0 spiro atoms. The first-order valence-electron chi connectivity index (χ1n) is 7.58. The zero-order valence-electron chi connectivity index (χ0n) is 11.8. The number of carbonyl (C=O) groups is 2. The van der Waals surface area contributed by atoms with Gasteiger partial charge in [-0.2, -0.15) is 0 Å². The van der Waals surface area contributed by atoms with E-state index in [0.717, 1.165) is 0 Å². The van der Waals surface area contributed by atoms with Crippen LogP contribution in [0.3, 0.4) is 0 Å². The van der Waals surface area contributed by atoms with E-state index in [2.05, 4.69) is 0 Å². The maximum atomic E-state index is 12.1. The van der Waals surface area contributed by atoms with Crippen molar-refractivity contribution in [2.24, 2.45) is 17.8 Å². The van der Waals surface area contributed by atoms with Crippen molar-refractivity contribution in [2.75, 3.05) is 13.1 Å². The van der Waals surface area contributed by atoms with Gasteiger partial charge in [0.25, 0.3) is 0 Å². The molecule has 0 bridgehead atoms. The number of aliphatic carboxylic acids is 1. The molecule has 2 aliphatic rings. The lowest BCUT2D eigenvalue weighted by Gasteiger charge is -2.41. The Balaban J connectivity index is 1.72. The van der Waals surface area contributed by atoms with Gasteiger partial charge in [-0.25, -0.2) is 0 Å². The standard InChI is InChI=1S/C15H25NO3/c1-11(15(18)19)13-9-16(10-13)14(17)8-12-6-4-2-3-5-7-12/h11-13H,2-10H2,1H3,(H,18,19). The highest BCUT2D eigenvalue weighted by Gasteiger charge is 2.37. The summed E-state index contributed by atoms with van der Waals surface area (Å²) in [6, 6.07) is 0. The van der Waals surface area contributed by atoms with Crippen LogP contribution in [0.25, 0.3) is 0 Å². The molecule has 0 aromatic carbocycles. The molecule has 1 atom stereocenters. The summed E-state index contributed by atoms with van der Waals surface area (Å²) in [5.74, 6) is -0.134. The predicted octanol–water partition coefficient (Wildman–Crippen LogP) is 2.53. The number of hydrogen-bond donors (Lipinski definition) is 1. The quantitative estimate of drug-likeness (QED) is 0.796. The normalized spacial score (nSPS) is 23.5.